The van der Waals surface area contributed by atoms with Crippen LogP contribution in [0.3, 0.4) is 0 Å². The van der Waals surface area contributed by atoms with Gasteiger partial charge in [-0.3, -0.25) is 4.79 Å². The van der Waals surface area contributed by atoms with Crippen molar-refractivity contribution in [3.05, 3.63) is 69.9 Å². The highest BCUT2D eigenvalue weighted by Gasteiger charge is 2.07. The molecule has 2 aromatic rings. The fraction of sp³-hybridized carbons (Fsp3) is 0.267. The first kappa shape index (κ1) is 12.6. The average Bonchev–Trinajstić information content (AvgIpc) is 2.32. The minimum Gasteiger partial charge on any atom is -0.311 e. The number of aromatic nitrogens is 1. The fourth-order valence-electron chi connectivity index (χ4n) is 1.93. The average molecular weight is 245 g/mol. The van der Waals surface area contributed by atoms with Crippen LogP contribution < -0.4 is 5.56 Å². The second-order valence-electron chi connectivity index (χ2n) is 4.68. The minimum absolute atomic E-state index is 0.0779. The quantitative estimate of drug-likeness (QED) is 0.814. The lowest BCUT2D eigenvalue weighted by molar-refractivity contribution is 0.594. The van der Waals surface area contributed by atoms with Crippen LogP contribution >= 0.6 is 0 Å². The summed E-state index contributed by atoms with van der Waals surface area (Å²) >= 11 is 0. The third-order valence-corrected chi connectivity index (χ3v) is 2.94. The van der Waals surface area contributed by atoms with E-state index in [2.05, 4.69) is 0 Å². The summed E-state index contributed by atoms with van der Waals surface area (Å²) in [5.74, 6) is -0.0371. The zero-order valence-corrected chi connectivity index (χ0v) is 10.6. The number of halogens is 1. The molecule has 0 saturated carbocycles. The van der Waals surface area contributed by atoms with Crippen LogP contribution in [0.2, 0.25) is 0 Å². The zero-order valence-electron chi connectivity index (χ0n) is 10.6. The summed E-state index contributed by atoms with van der Waals surface area (Å²) in [6.45, 7) is 4.31. The Labute approximate surface area is 106 Å². The lowest BCUT2D eigenvalue weighted by Gasteiger charge is -2.10. The number of rotatable bonds is 3. The van der Waals surface area contributed by atoms with Crippen LogP contribution in [-0.2, 0) is 6.54 Å². The highest BCUT2D eigenvalue weighted by Crippen LogP contribution is 2.19. The molecule has 0 unspecified atom stereocenters. The van der Waals surface area contributed by atoms with E-state index < -0.39 is 0 Å². The minimum atomic E-state index is -0.202. The molecule has 18 heavy (non-hydrogen) atoms. The Bertz CT molecular complexity index is 601. The maximum Gasteiger partial charge on any atom is 0.250 e. The molecular weight excluding hydrogens is 229 g/mol. The second kappa shape index (κ2) is 5.17. The molecule has 0 amide bonds. The summed E-state index contributed by atoms with van der Waals surface area (Å²) in [5.41, 5.74) is 1.43. The number of hydrogen-bond donors (Lipinski definition) is 0. The van der Waals surface area contributed by atoms with Gasteiger partial charge in [0, 0.05) is 12.3 Å². The molecule has 2 rings (SSSR count). The molecule has 2 nitrogen and oxygen atoms in total. The van der Waals surface area contributed by atoms with Crippen LogP contribution in [0.25, 0.3) is 0 Å². The van der Waals surface area contributed by atoms with Gasteiger partial charge in [-0.05, 0) is 29.2 Å². The smallest absolute Gasteiger partial charge is 0.250 e. The van der Waals surface area contributed by atoms with Gasteiger partial charge in [0.1, 0.15) is 5.82 Å². The SMILES string of the molecule is CC(C)c1ccc(Cn2ccccc2=O)cc1F. The third-order valence-electron chi connectivity index (χ3n) is 2.94. The van der Waals surface area contributed by atoms with E-state index in [-0.39, 0.29) is 17.3 Å². The van der Waals surface area contributed by atoms with Crippen LogP contribution in [0.5, 0.6) is 0 Å². The van der Waals surface area contributed by atoms with E-state index in [1.54, 1.807) is 29.0 Å². The molecule has 0 N–H and O–H groups in total. The van der Waals surface area contributed by atoms with Crippen molar-refractivity contribution < 1.29 is 4.39 Å². The zero-order chi connectivity index (χ0) is 13.1. The normalized spacial score (nSPS) is 10.9. The Morgan fingerprint density at radius 3 is 2.61 bits per heavy atom. The molecule has 94 valence electrons. The standard InChI is InChI=1S/C15H16FNO/c1-11(2)13-7-6-12(9-14(13)16)10-17-8-4-3-5-15(17)18/h3-9,11H,10H2,1-2H3. The summed E-state index contributed by atoms with van der Waals surface area (Å²) in [5, 5.41) is 0. The van der Waals surface area contributed by atoms with E-state index in [0.717, 1.165) is 5.56 Å². The van der Waals surface area contributed by atoms with Crippen molar-refractivity contribution in [2.24, 2.45) is 0 Å². The highest BCUT2D eigenvalue weighted by molar-refractivity contribution is 5.26. The van der Waals surface area contributed by atoms with Crippen LogP contribution in [0.15, 0.2) is 47.4 Å². The van der Waals surface area contributed by atoms with E-state index in [0.29, 0.717) is 12.1 Å². The molecule has 1 heterocycles. The molecule has 0 radical (unpaired) electrons. The summed E-state index contributed by atoms with van der Waals surface area (Å²) in [6.07, 6.45) is 1.70. The second-order valence-corrected chi connectivity index (χ2v) is 4.68. The molecule has 0 fully saturated rings. The Morgan fingerprint density at radius 2 is 2.00 bits per heavy atom. The largest absolute Gasteiger partial charge is 0.311 e. The van der Waals surface area contributed by atoms with Gasteiger partial charge in [-0.25, -0.2) is 4.39 Å². The van der Waals surface area contributed by atoms with Crippen molar-refractivity contribution in [3.8, 4) is 0 Å². The predicted octanol–water partition coefficient (Wildman–Crippen LogP) is 3.16. The van der Waals surface area contributed by atoms with Gasteiger partial charge in [0.25, 0.3) is 5.56 Å². The summed E-state index contributed by atoms with van der Waals surface area (Å²) in [4.78, 5) is 11.6. The number of benzene rings is 1. The van der Waals surface area contributed by atoms with Gasteiger partial charge in [-0.15, -0.1) is 0 Å². The first-order chi connectivity index (χ1) is 8.58. The molecule has 0 bridgehead atoms. The van der Waals surface area contributed by atoms with Crippen molar-refractivity contribution in [2.75, 3.05) is 0 Å². The van der Waals surface area contributed by atoms with Gasteiger partial charge in [0.05, 0.1) is 6.54 Å². The van der Waals surface area contributed by atoms with Crippen molar-refractivity contribution in [1.82, 2.24) is 4.57 Å². The summed E-state index contributed by atoms with van der Waals surface area (Å²) in [6, 6.07) is 10.2. The Kier molecular flexibility index (Phi) is 3.60. The van der Waals surface area contributed by atoms with Gasteiger partial charge in [0.15, 0.2) is 0 Å². The summed E-state index contributed by atoms with van der Waals surface area (Å²) < 4.78 is 15.4. The molecule has 0 spiro atoms. The van der Waals surface area contributed by atoms with E-state index >= 15 is 0 Å². The van der Waals surface area contributed by atoms with Crippen molar-refractivity contribution in [2.45, 2.75) is 26.3 Å². The number of pyridine rings is 1. The van der Waals surface area contributed by atoms with E-state index in [1.807, 2.05) is 19.9 Å². The molecule has 1 aromatic heterocycles. The van der Waals surface area contributed by atoms with Gasteiger partial charge in [0.2, 0.25) is 0 Å². The predicted molar refractivity (Wildman–Crippen MR) is 70.3 cm³/mol. The van der Waals surface area contributed by atoms with E-state index in [9.17, 15) is 9.18 Å². The Hall–Kier alpha value is -1.90. The molecule has 1 aromatic carbocycles. The molecule has 0 aliphatic carbocycles. The topological polar surface area (TPSA) is 22.0 Å². The first-order valence-electron chi connectivity index (χ1n) is 6.01. The molecule has 0 aliphatic heterocycles. The van der Waals surface area contributed by atoms with Crippen molar-refractivity contribution in [1.29, 1.82) is 0 Å². The molecule has 0 atom stereocenters. The summed E-state index contributed by atoms with van der Waals surface area (Å²) in [7, 11) is 0. The molecule has 0 saturated heterocycles. The Morgan fingerprint density at radius 1 is 1.22 bits per heavy atom. The fourth-order valence-corrected chi connectivity index (χ4v) is 1.93. The molecule has 0 aliphatic rings. The van der Waals surface area contributed by atoms with E-state index in [1.165, 1.54) is 12.1 Å². The van der Waals surface area contributed by atoms with Crippen LogP contribution in [-0.4, -0.2) is 4.57 Å². The van der Waals surface area contributed by atoms with Gasteiger partial charge >= 0.3 is 0 Å². The number of hydrogen-bond acceptors (Lipinski definition) is 1. The van der Waals surface area contributed by atoms with Crippen LogP contribution in [0, 0.1) is 5.82 Å². The van der Waals surface area contributed by atoms with Gasteiger partial charge in [-0.1, -0.05) is 32.0 Å². The highest BCUT2D eigenvalue weighted by atomic mass is 19.1. The van der Waals surface area contributed by atoms with Crippen LogP contribution in [0.1, 0.15) is 30.9 Å². The molecular formula is C15H16FNO. The number of nitrogens with zero attached hydrogens (tertiary/aromatic N) is 1. The maximum atomic E-state index is 13.8. The van der Waals surface area contributed by atoms with Crippen molar-refractivity contribution in [3.63, 3.8) is 0 Å². The molecule has 3 heteroatoms. The van der Waals surface area contributed by atoms with E-state index in [4.69, 9.17) is 0 Å². The lowest BCUT2D eigenvalue weighted by atomic mass is 10.0. The lowest BCUT2D eigenvalue weighted by Crippen LogP contribution is -2.18. The first-order valence-corrected chi connectivity index (χ1v) is 6.01. The Balaban J connectivity index is 2.29. The van der Waals surface area contributed by atoms with Crippen molar-refractivity contribution >= 4 is 0 Å². The van der Waals surface area contributed by atoms with Crippen LogP contribution in [0.4, 0.5) is 4.39 Å². The van der Waals surface area contributed by atoms with Gasteiger partial charge < -0.3 is 4.57 Å². The maximum absolute atomic E-state index is 13.8. The van der Waals surface area contributed by atoms with Gasteiger partial charge in [-0.2, -0.15) is 0 Å². The monoisotopic (exact) mass is 245 g/mol. The third kappa shape index (κ3) is 2.67.